The number of esters is 1. The number of amides is 1. The second-order valence-electron chi connectivity index (χ2n) is 3.96. The van der Waals surface area contributed by atoms with Crippen molar-refractivity contribution in [2.75, 3.05) is 19.0 Å². The molecule has 1 amide bonds. The molecule has 0 aliphatic heterocycles. The van der Waals surface area contributed by atoms with Crippen LogP contribution in [0.2, 0.25) is 0 Å². The lowest BCUT2D eigenvalue weighted by Crippen LogP contribution is -2.44. The van der Waals surface area contributed by atoms with E-state index in [1.165, 1.54) is 0 Å². The Morgan fingerprint density at radius 1 is 1.25 bits per heavy atom. The molecule has 0 saturated carbocycles. The highest BCUT2D eigenvalue weighted by Crippen LogP contribution is 2.03. The first kappa shape index (κ1) is 15.5. The lowest BCUT2D eigenvalue weighted by Gasteiger charge is -2.14. The van der Waals surface area contributed by atoms with E-state index in [1.54, 1.807) is 24.3 Å². The second kappa shape index (κ2) is 7.78. The highest BCUT2D eigenvalue weighted by Gasteiger charge is 2.23. The van der Waals surface area contributed by atoms with Crippen LogP contribution in [-0.2, 0) is 19.1 Å². The third-order valence-corrected chi connectivity index (χ3v) is 2.46. The van der Waals surface area contributed by atoms with Crippen LogP contribution in [-0.4, -0.2) is 42.6 Å². The van der Waals surface area contributed by atoms with Crippen molar-refractivity contribution in [2.24, 2.45) is 0 Å². The Kier molecular flexibility index (Phi) is 6.02. The van der Waals surface area contributed by atoms with E-state index < -0.39 is 30.3 Å². The minimum atomic E-state index is -1.30. The predicted octanol–water partition coefficient (Wildman–Crippen LogP) is 0.231. The molecule has 7 heteroatoms. The highest BCUT2D eigenvalue weighted by molar-refractivity contribution is 5.88. The molecule has 1 aromatic carbocycles. The largest absolute Gasteiger partial charge is 0.480 e. The lowest BCUT2D eigenvalue weighted by atomic mass is 10.2. The number of carbonyl (C=O) groups excluding carboxylic acids is 2. The average Bonchev–Trinajstić information content (AvgIpc) is 2.45. The van der Waals surface area contributed by atoms with E-state index >= 15 is 0 Å². The minimum Gasteiger partial charge on any atom is -0.480 e. The maximum atomic E-state index is 11.6. The average molecular weight is 280 g/mol. The van der Waals surface area contributed by atoms with Gasteiger partial charge in [-0.1, -0.05) is 18.2 Å². The van der Waals surface area contributed by atoms with E-state index in [1.807, 2.05) is 6.07 Å². The van der Waals surface area contributed by atoms with E-state index in [4.69, 9.17) is 5.11 Å². The van der Waals surface area contributed by atoms with Crippen molar-refractivity contribution in [1.29, 1.82) is 0 Å². The van der Waals surface area contributed by atoms with Gasteiger partial charge in [-0.3, -0.25) is 9.59 Å². The number of para-hydroxylation sites is 1. The van der Waals surface area contributed by atoms with Crippen molar-refractivity contribution in [3.8, 4) is 0 Å². The monoisotopic (exact) mass is 280 g/mol. The Bertz CT molecular complexity index is 475. The third-order valence-electron chi connectivity index (χ3n) is 2.46. The first-order chi connectivity index (χ1) is 9.52. The summed E-state index contributed by atoms with van der Waals surface area (Å²) in [5, 5.41) is 14.0. The van der Waals surface area contributed by atoms with Crippen molar-refractivity contribution in [2.45, 2.75) is 12.5 Å². The van der Waals surface area contributed by atoms with Gasteiger partial charge < -0.3 is 20.5 Å². The SMILES string of the molecule is COC(=O)C[C@H](NC(=O)CNc1ccccc1)C(=O)O. The van der Waals surface area contributed by atoms with Crippen LogP contribution in [0.3, 0.4) is 0 Å². The topological polar surface area (TPSA) is 105 Å². The molecule has 0 radical (unpaired) electrons. The maximum Gasteiger partial charge on any atom is 0.326 e. The van der Waals surface area contributed by atoms with Gasteiger partial charge in [0.25, 0.3) is 0 Å². The van der Waals surface area contributed by atoms with E-state index in [0.29, 0.717) is 0 Å². The molecule has 0 bridgehead atoms. The molecular weight excluding hydrogens is 264 g/mol. The number of hydrogen-bond acceptors (Lipinski definition) is 5. The van der Waals surface area contributed by atoms with Gasteiger partial charge in [-0.25, -0.2) is 4.79 Å². The van der Waals surface area contributed by atoms with Crippen molar-refractivity contribution < 1.29 is 24.2 Å². The number of methoxy groups -OCH3 is 1. The Morgan fingerprint density at radius 3 is 2.45 bits per heavy atom. The lowest BCUT2D eigenvalue weighted by molar-refractivity contribution is -0.148. The van der Waals surface area contributed by atoms with Crippen molar-refractivity contribution in [3.05, 3.63) is 30.3 Å². The fourth-order valence-corrected chi connectivity index (χ4v) is 1.43. The predicted molar refractivity (Wildman–Crippen MR) is 71.1 cm³/mol. The summed E-state index contributed by atoms with van der Waals surface area (Å²) in [6, 6.07) is 7.69. The van der Waals surface area contributed by atoms with Gasteiger partial charge >= 0.3 is 11.9 Å². The molecule has 3 N–H and O–H groups in total. The van der Waals surface area contributed by atoms with Crippen LogP contribution in [0.4, 0.5) is 5.69 Å². The molecular formula is C13H16N2O5. The minimum absolute atomic E-state index is 0.0883. The first-order valence-electron chi connectivity index (χ1n) is 5.91. The van der Waals surface area contributed by atoms with Crippen LogP contribution in [0.15, 0.2) is 30.3 Å². The Labute approximate surface area is 115 Å². The van der Waals surface area contributed by atoms with Crippen LogP contribution < -0.4 is 10.6 Å². The van der Waals surface area contributed by atoms with Crippen molar-refractivity contribution >= 4 is 23.5 Å². The number of carboxylic acids is 1. The number of hydrogen-bond donors (Lipinski definition) is 3. The number of carbonyl (C=O) groups is 3. The summed E-state index contributed by atoms with van der Waals surface area (Å²) in [4.78, 5) is 33.6. The van der Waals surface area contributed by atoms with E-state index in [-0.39, 0.29) is 6.54 Å². The van der Waals surface area contributed by atoms with E-state index in [2.05, 4.69) is 15.4 Å². The molecule has 0 aliphatic rings. The fourth-order valence-electron chi connectivity index (χ4n) is 1.43. The van der Waals surface area contributed by atoms with Gasteiger partial charge in [0.05, 0.1) is 20.1 Å². The molecule has 0 saturated heterocycles. The van der Waals surface area contributed by atoms with Gasteiger partial charge in [0, 0.05) is 5.69 Å². The molecule has 0 aromatic heterocycles. The van der Waals surface area contributed by atoms with Crippen molar-refractivity contribution in [1.82, 2.24) is 5.32 Å². The zero-order valence-electron chi connectivity index (χ0n) is 11.0. The molecule has 0 aliphatic carbocycles. The summed E-state index contributed by atoms with van der Waals surface area (Å²) >= 11 is 0. The number of nitrogens with one attached hydrogen (secondary N) is 2. The summed E-state index contributed by atoms with van der Waals surface area (Å²) in [6.45, 7) is -0.0883. The smallest absolute Gasteiger partial charge is 0.326 e. The summed E-state index contributed by atoms with van der Waals surface area (Å²) < 4.78 is 4.37. The second-order valence-corrected chi connectivity index (χ2v) is 3.96. The van der Waals surface area contributed by atoms with E-state index in [0.717, 1.165) is 12.8 Å². The molecule has 108 valence electrons. The number of ether oxygens (including phenoxy) is 1. The van der Waals surface area contributed by atoms with Gasteiger partial charge in [-0.15, -0.1) is 0 Å². The number of anilines is 1. The van der Waals surface area contributed by atoms with Crippen LogP contribution in [0, 0.1) is 0 Å². The Balaban J connectivity index is 2.46. The summed E-state index contributed by atoms with van der Waals surface area (Å²) in [5.74, 6) is -2.51. The third kappa shape index (κ3) is 5.38. The fraction of sp³-hybridized carbons (Fsp3) is 0.308. The number of benzene rings is 1. The molecule has 1 rings (SSSR count). The quantitative estimate of drug-likeness (QED) is 0.618. The number of rotatable bonds is 7. The van der Waals surface area contributed by atoms with Gasteiger partial charge in [-0.05, 0) is 12.1 Å². The highest BCUT2D eigenvalue weighted by atomic mass is 16.5. The first-order valence-corrected chi connectivity index (χ1v) is 5.91. The van der Waals surface area contributed by atoms with Crippen LogP contribution >= 0.6 is 0 Å². The normalized spacial score (nSPS) is 11.2. The molecule has 0 spiro atoms. The Morgan fingerprint density at radius 2 is 1.90 bits per heavy atom. The molecule has 1 aromatic rings. The summed E-state index contributed by atoms with van der Waals surface area (Å²) in [5.41, 5.74) is 0.738. The summed E-state index contributed by atoms with van der Waals surface area (Å²) in [7, 11) is 1.15. The number of aliphatic carboxylic acids is 1. The molecule has 0 unspecified atom stereocenters. The van der Waals surface area contributed by atoms with Gasteiger partial charge in [0.2, 0.25) is 5.91 Å². The molecule has 0 heterocycles. The van der Waals surface area contributed by atoms with E-state index in [9.17, 15) is 14.4 Å². The van der Waals surface area contributed by atoms with Crippen LogP contribution in [0.1, 0.15) is 6.42 Å². The molecule has 7 nitrogen and oxygen atoms in total. The zero-order chi connectivity index (χ0) is 15.0. The summed E-state index contributed by atoms with van der Waals surface area (Å²) in [6.07, 6.45) is -0.414. The Hall–Kier alpha value is -2.57. The van der Waals surface area contributed by atoms with Gasteiger partial charge in [0.15, 0.2) is 0 Å². The van der Waals surface area contributed by atoms with Gasteiger partial charge in [-0.2, -0.15) is 0 Å². The molecule has 20 heavy (non-hydrogen) atoms. The maximum absolute atomic E-state index is 11.6. The molecule has 0 fully saturated rings. The zero-order valence-corrected chi connectivity index (χ0v) is 11.0. The standard InChI is InChI=1S/C13H16N2O5/c1-20-12(17)7-10(13(18)19)15-11(16)8-14-9-5-3-2-4-6-9/h2-6,10,14H,7-8H2,1H3,(H,15,16)(H,18,19)/t10-/m0/s1. The molecule has 1 atom stereocenters. The van der Waals surface area contributed by atoms with Crippen LogP contribution in [0.5, 0.6) is 0 Å². The van der Waals surface area contributed by atoms with Crippen LogP contribution in [0.25, 0.3) is 0 Å². The van der Waals surface area contributed by atoms with Crippen molar-refractivity contribution in [3.63, 3.8) is 0 Å². The number of carboxylic acid groups (broad SMARTS) is 1. The van der Waals surface area contributed by atoms with Gasteiger partial charge in [0.1, 0.15) is 6.04 Å².